The molecule has 1 aromatic heterocycles. The number of aromatic amines is 1. The van der Waals surface area contributed by atoms with E-state index >= 15 is 0 Å². The number of hydrogen-bond donors (Lipinski definition) is 4. The fourth-order valence-electron chi connectivity index (χ4n) is 3.05. The van der Waals surface area contributed by atoms with Crippen molar-refractivity contribution in [1.82, 2.24) is 9.55 Å². The zero-order valence-electron chi connectivity index (χ0n) is 18.7. The second-order valence-electron chi connectivity index (χ2n) is 7.24. The summed E-state index contributed by atoms with van der Waals surface area (Å²) in [4.78, 5) is 53.0. The zero-order valence-corrected chi connectivity index (χ0v) is 18.7. The van der Waals surface area contributed by atoms with Crippen molar-refractivity contribution in [3.8, 4) is 11.5 Å². The number of hydrogen-bond acceptors (Lipinski definition) is 9. The molecule has 0 aliphatic rings. The van der Waals surface area contributed by atoms with E-state index in [1.807, 2.05) is 6.92 Å². The molecule has 1 aromatic carbocycles. The molecule has 33 heavy (non-hydrogen) atoms. The maximum atomic E-state index is 12.9. The molecule has 0 atom stereocenters. The number of amides is 1. The monoisotopic (exact) mass is 464 g/mol. The standard InChI is InChI=1S/C21H28N4O8/c1-4-5-8-25-18(22)15(19(29)23-21(25)31)24(9-10-32-3)14(26)11-33-20(30)13-7-6-12(2)16(27)17(13)28/h6-7,27-28H,4-5,8-11,22H2,1-3H3,(H,23,29,31). The van der Waals surface area contributed by atoms with Gasteiger partial charge in [-0.15, -0.1) is 0 Å². The predicted octanol–water partition coefficient (Wildman–Crippen LogP) is 0.475. The fourth-order valence-corrected chi connectivity index (χ4v) is 3.05. The van der Waals surface area contributed by atoms with Crippen LogP contribution in [0.25, 0.3) is 0 Å². The average Bonchev–Trinajstić information content (AvgIpc) is 2.77. The van der Waals surface area contributed by atoms with E-state index < -0.39 is 41.2 Å². The number of nitrogen functional groups attached to an aromatic ring is 1. The summed E-state index contributed by atoms with van der Waals surface area (Å²) in [7, 11) is 1.39. The summed E-state index contributed by atoms with van der Waals surface area (Å²) in [6.45, 7) is 2.81. The molecule has 1 heterocycles. The number of phenolic OH excluding ortho intramolecular Hbond substituents is 2. The number of nitrogens with two attached hydrogens (primary N) is 1. The van der Waals surface area contributed by atoms with Crippen LogP contribution in [0, 0.1) is 6.92 Å². The van der Waals surface area contributed by atoms with Gasteiger partial charge in [0.05, 0.1) is 6.61 Å². The molecule has 0 radical (unpaired) electrons. The third-order valence-corrected chi connectivity index (χ3v) is 4.94. The highest BCUT2D eigenvalue weighted by atomic mass is 16.5. The van der Waals surface area contributed by atoms with Crippen LogP contribution < -0.4 is 21.9 Å². The van der Waals surface area contributed by atoms with E-state index in [2.05, 4.69) is 4.98 Å². The maximum Gasteiger partial charge on any atom is 0.342 e. The summed E-state index contributed by atoms with van der Waals surface area (Å²) in [6.07, 6.45) is 1.39. The minimum absolute atomic E-state index is 0.0271. The van der Waals surface area contributed by atoms with E-state index in [0.29, 0.717) is 12.0 Å². The number of anilines is 2. The van der Waals surface area contributed by atoms with Crippen LogP contribution >= 0.6 is 0 Å². The summed E-state index contributed by atoms with van der Waals surface area (Å²) < 4.78 is 11.1. The quantitative estimate of drug-likeness (QED) is 0.287. The number of unbranched alkanes of at least 4 members (excludes halogenated alkanes) is 1. The molecule has 180 valence electrons. The Hall–Kier alpha value is -3.80. The number of carbonyl (C=O) groups is 2. The predicted molar refractivity (Wildman–Crippen MR) is 120 cm³/mol. The number of H-pyrrole nitrogens is 1. The Kier molecular flexibility index (Phi) is 8.63. The number of aryl methyl sites for hydroxylation is 1. The lowest BCUT2D eigenvalue weighted by Gasteiger charge is -2.24. The van der Waals surface area contributed by atoms with Crippen LogP contribution in [0.5, 0.6) is 11.5 Å². The highest BCUT2D eigenvalue weighted by Gasteiger charge is 2.26. The van der Waals surface area contributed by atoms with Crippen molar-refractivity contribution >= 4 is 23.4 Å². The topological polar surface area (TPSA) is 177 Å². The molecular weight excluding hydrogens is 436 g/mol. The number of nitrogens with zero attached hydrogens (tertiary/aromatic N) is 2. The second kappa shape index (κ2) is 11.2. The molecule has 1 amide bonds. The molecule has 0 saturated carbocycles. The van der Waals surface area contributed by atoms with Gasteiger partial charge in [-0.2, -0.15) is 0 Å². The molecule has 12 nitrogen and oxygen atoms in total. The number of esters is 1. The maximum absolute atomic E-state index is 12.9. The van der Waals surface area contributed by atoms with E-state index in [1.54, 1.807) is 0 Å². The van der Waals surface area contributed by atoms with Gasteiger partial charge in [0, 0.05) is 20.2 Å². The van der Waals surface area contributed by atoms with Crippen molar-refractivity contribution < 1.29 is 29.3 Å². The van der Waals surface area contributed by atoms with Gasteiger partial charge in [0.25, 0.3) is 11.5 Å². The number of phenols is 2. The average molecular weight is 464 g/mol. The van der Waals surface area contributed by atoms with Gasteiger partial charge in [-0.25, -0.2) is 9.59 Å². The van der Waals surface area contributed by atoms with Crippen LogP contribution in [0.3, 0.4) is 0 Å². The van der Waals surface area contributed by atoms with E-state index in [1.165, 1.54) is 26.2 Å². The SMILES string of the molecule is CCCCn1c(N)c(N(CCOC)C(=O)COC(=O)c2ccc(C)c(O)c2O)c(=O)[nH]c1=O. The van der Waals surface area contributed by atoms with Gasteiger partial charge in [0.1, 0.15) is 11.4 Å². The van der Waals surface area contributed by atoms with Gasteiger partial charge in [-0.3, -0.25) is 24.0 Å². The summed E-state index contributed by atoms with van der Waals surface area (Å²) in [5, 5.41) is 19.8. The summed E-state index contributed by atoms with van der Waals surface area (Å²) in [5.74, 6) is -3.22. The molecule has 0 spiro atoms. The Labute approximate surface area is 189 Å². The van der Waals surface area contributed by atoms with Gasteiger partial charge >= 0.3 is 11.7 Å². The Morgan fingerprint density at radius 3 is 2.55 bits per heavy atom. The lowest BCUT2D eigenvalue weighted by atomic mass is 10.1. The Morgan fingerprint density at radius 2 is 1.91 bits per heavy atom. The first-order valence-electron chi connectivity index (χ1n) is 10.2. The van der Waals surface area contributed by atoms with Crippen molar-refractivity contribution in [2.24, 2.45) is 0 Å². The number of benzene rings is 1. The number of carbonyl (C=O) groups excluding carboxylic acids is 2. The number of ether oxygens (including phenoxy) is 2. The fraction of sp³-hybridized carbons (Fsp3) is 0.429. The largest absolute Gasteiger partial charge is 0.504 e. The van der Waals surface area contributed by atoms with Gasteiger partial charge in [-0.1, -0.05) is 19.4 Å². The third-order valence-electron chi connectivity index (χ3n) is 4.94. The molecule has 0 unspecified atom stereocenters. The molecule has 2 aromatic rings. The molecule has 0 saturated heterocycles. The smallest absolute Gasteiger partial charge is 0.342 e. The van der Waals surface area contributed by atoms with Gasteiger partial charge in [0.2, 0.25) is 0 Å². The van der Waals surface area contributed by atoms with E-state index in [-0.39, 0.29) is 36.8 Å². The molecular formula is C21H28N4O8. The number of methoxy groups -OCH3 is 1. The van der Waals surface area contributed by atoms with Crippen molar-refractivity contribution in [2.45, 2.75) is 33.2 Å². The molecule has 5 N–H and O–H groups in total. The first kappa shape index (κ1) is 25.5. The second-order valence-corrected chi connectivity index (χ2v) is 7.24. The summed E-state index contributed by atoms with van der Waals surface area (Å²) >= 11 is 0. The van der Waals surface area contributed by atoms with Crippen molar-refractivity contribution in [3.63, 3.8) is 0 Å². The van der Waals surface area contributed by atoms with Gasteiger partial charge in [0.15, 0.2) is 23.8 Å². The van der Waals surface area contributed by atoms with Crippen LogP contribution in [-0.2, 0) is 20.8 Å². The van der Waals surface area contributed by atoms with Crippen molar-refractivity contribution in [3.05, 3.63) is 44.1 Å². The van der Waals surface area contributed by atoms with Crippen molar-refractivity contribution in [1.29, 1.82) is 0 Å². The van der Waals surface area contributed by atoms with Crippen LogP contribution in [0.2, 0.25) is 0 Å². The normalized spacial score (nSPS) is 10.8. The molecule has 0 bridgehead atoms. The Morgan fingerprint density at radius 1 is 1.21 bits per heavy atom. The third kappa shape index (κ3) is 5.71. The summed E-state index contributed by atoms with van der Waals surface area (Å²) in [6, 6.07) is 2.64. The number of aromatic nitrogens is 2. The molecule has 2 rings (SSSR count). The lowest BCUT2D eigenvalue weighted by molar-refractivity contribution is -0.121. The van der Waals surface area contributed by atoms with Crippen LogP contribution in [-0.4, -0.2) is 58.5 Å². The van der Waals surface area contributed by atoms with Crippen LogP contribution in [0.15, 0.2) is 21.7 Å². The molecule has 12 heteroatoms. The minimum Gasteiger partial charge on any atom is -0.504 e. The van der Waals surface area contributed by atoms with E-state index in [9.17, 15) is 29.4 Å². The highest BCUT2D eigenvalue weighted by molar-refractivity contribution is 5.99. The molecule has 0 fully saturated rings. The zero-order chi connectivity index (χ0) is 24.7. The van der Waals surface area contributed by atoms with E-state index in [4.69, 9.17) is 15.2 Å². The molecule has 0 aliphatic carbocycles. The number of aromatic hydroxyl groups is 2. The first-order chi connectivity index (χ1) is 15.6. The lowest BCUT2D eigenvalue weighted by Crippen LogP contribution is -2.44. The van der Waals surface area contributed by atoms with Gasteiger partial charge in [-0.05, 0) is 25.0 Å². The summed E-state index contributed by atoms with van der Waals surface area (Å²) in [5.41, 5.74) is 4.25. The van der Waals surface area contributed by atoms with E-state index in [0.717, 1.165) is 15.9 Å². The number of rotatable bonds is 10. The van der Waals surface area contributed by atoms with Crippen LogP contribution in [0.4, 0.5) is 11.5 Å². The van der Waals surface area contributed by atoms with Crippen molar-refractivity contribution in [2.75, 3.05) is 37.5 Å². The Bertz CT molecular complexity index is 1140. The van der Waals surface area contributed by atoms with Crippen LogP contribution in [0.1, 0.15) is 35.7 Å². The highest BCUT2D eigenvalue weighted by Crippen LogP contribution is 2.32. The molecule has 0 aliphatic heterocycles. The number of nitrogens with one attached hydrogen (secondary N) is 1. The van der Waals surface area contributed by atoms with Gasteiger partial charge < -0.3 is 25.4 Å². The Balaban J connectivity index is 2.33. The minimum atomic E-state index is -1.06. The first-order valence-corrected chi connectivity index (χ1v) is 10.2.